The number of hydrogen-bond acceptors (Lipinski definition) is 3. The lowest BCUT2D eigenvalue weighted by atomic mass is 10.0. The van der Waals surface area contributed by atoms with Crippen molar-refractivity contribution in [2.75, 3.05) is 23.7 Å². The Morgan fingerprint density at radius 1 is 1.40 bits per heavy atom. The van der Waals surface area contributed by atoms with Gasteiger partial charge >= 0.3 is 0 Å². The molecule has 0 saturated heterocycles. The van der Waals surface area contributed by atoms with Gasteiger partial charge in [0, 0.05) is 25.1 Å². The summed E-state index contributed by atoms with van der Waals surface area (Å²) in [5.41, 5.74) is 1.44. The van der Waals surface area contributed by atoms with Crippen LogP contribution in [0.25, 0.3) is 0 Å². The fourth-order valence-electron chi connectivity index (χ4n) is 2.09. The molecule has 1 aromatic rings. The standard InChI is InChI=1S/C14H18FN3O2/c1-2-16-6-5-14(20)18-12-8-11-9(7-10(12)15)3-4-13(19)17-11/h7-8,16H,2-6H2,1H3,(H,17,19)(H,18,20). The molecule has 2 rings (SSSR count). The highest BCUT2D eigenvalue weighted by molar-refractivity contribution is 5.96. The average Bonchev–Trinajstić information content (AvgIpc) is 2.40. The second kappa shape index (κ2) is 6.47. The number of carbonyl (C=O) groups excluding carboxylic acids is 2. The Labute approximate surface area is 116 Å². The van der Waals surface area contributed by atoms with Gasteiger partial charge < -0.3 is 16.0 Å². The molecule has 1 heterocycles. The number of aryl methyl sites for hydroxylation is 1. The van der Waals surface area contributed by atoms with Crippen LogP contribution in [0.1, 0.15) is 25.3 Å². The van der Waals surface area contributed by atoms with Crippen LogP contribution in [0.2, 0.25) is 0 Å². The molecule has 1 aliphatic heterocycles. The molecule has 0 unspecified atom stereocenters. The first-order valence-corrected chi connectivity index (χ1v) is 6.73. The maximum Gasteiger partial charge on any atom is 0.225 e. The molecule has 2 amide bonds. The Morgan fingerprint density at radius 2 is 2.20 bits per heavy atom. The van der Waals surface area contributed by atoms with Crippen molar-refractivity contribution in [3.8, 4) is 0 Å². The van der Waals surface area contributed by atoms with E-state index in [2.05, 4.69) is 16.0 Å². The first-order valence-electron chi connectivity index (χ1n) is 6.73. The van der Waals surface area contributed by atoms with Gasteiger partial charge in [-0.25, -0.2) is 4.39 Å². The van der Waals surface area contributed by atoms with Gasteiger partial charge in [-0.15, -0.1) is 0 Å². The molecule has 0 bridgehead atoms. The third-order valence-electron chi connectivity index (χ3n) is 3.14. The summed E-state index contributed by atoms with van der Waals surface area (Å²) in [6.45, 7) is 3.28. The first kappa shape index (κ1) is 14.5. The summed E-state index contributed by atoms with van der Waals surface area (Å²) in [4.78, 5) is 23.0. The number of benzene rings is 1. The molecule has 0 atom stereocenters. The predicted octanol–water partition coefficient (Wildman–Crippen LogP) is 1.65. The maximum atomic E-state index is 13.9. The summed E-state index contributed by atoms with van der Waals surface area (Å²) in [5, 5.41) is 8.24. The second-order valence-electron chi connectivity index (χ2n) is 4.69. The van der Waals surface area contributed by atoms with Crippen molar-refractivity contribution in [2.45, 2.75) is 26.2 Å². The van der Waals surface area contributed by atoms with Crippen LogP contribution < -0.4 is 16.0 Å². The van der Waals surface area contributed by atoms with Gasteiger partial charge in [-0.2, -0.15) is 0 Å². The van der Waals surface area contributed by atoms with E-state index in [1.54, 1.807) is 0 Å². The molecule has 5 nitrogen and oxygen atoms in total. The summed E-state index contributed by atoms with van der Waals surface area (Å²) >= 11 is 0. The minimum Gasteiger partial charge on any atom is -0.326 e. The van der Waals surface area contributed by atoms with Crippen LogP contribution in [0, 0.1) is 5.82 Å². The van der Waals surface area contributed by atoms with Crippen LogP contribution >= 0.6 is 0 Å². The minimum absolute atomic E-state index is 0.0893. The number of halogens is 1. The largest absolute Gasteiger partial charge is 0.326 e. The number of nitrogens with one attached hydrogen (secondary N) is 3. The Kier molecular flexibility index (Phi) is 4.68. The maximum absolute atomic E-state index is 13.9. The number of amides is 2. The van der Waals surface area contributed by atoms with E-state index in [1.165, 1.54) is 12.1 Å². The topological polar surface area (TPSA) is 70.2 Å². The molecule has 3 N–H and O–H groups in total. The first-order chi connectivity index (χ1) is 9.60. The molecule has 20 heavy (non-hydrogen) atoms. The van der Waals surface area contributed by atoms with E-state index < -0.39 is 5.82 Å². The van der Waals surface area contributed by atoms with Crippen molar-refractivity contribution in [1.82, 2.24) is 5.32 Å². The normalized spacial score (nSPS) is 13.6. The third kappa shape index (κ3) is 3.54. The number of hydrogen-bond donors (Lipinski definition) is 3. The smallest absolute Gasteiger partial charge is 0.225 e. The van der Waals surface area contributed by atoms with E-state index in [1.807, 2.05) is 6.92 Å². The Morgan fingerprint density at radius 3 is 2.95 bits per heavy atom. The second-order valence-corrected chi connectivity index (χ2v) is 4.69. The molecular formula is C14H18FN3O2. The summed E-state index contributed by atoms with van der Waals surface area (Å²) in [7, 11) is 0. The summed E-state index contributed by atoms with van der Waals surface area (Å²) < 4.78 is 13.9. The van der Waals surface area contributed by atoms with E-state index in [0.29, 0.717) is 25.1 Å². The fraction of sp³-hybridized carbons (Fsp3) is 0.429. The van der Waals surface area contributed by atoms with Gasteiger partial charge in [-0.05, 0) is 30.7 Å². The number of anilines is 2. The van der Waals surface area contributed by atoms with Crippen molar-refractivity contribution in [3.05, 3.63) is 23.5 Å². The molecule has 108 valence electrons. The van der Waals surface area contributed by atoms with Gasteiger partial charge in [0.15, 0.2) is 0 Å². The van der Waals surface area contributed by atoms with E-state index >= 15 is 0 Å². The molecule has 0 spiro atoms. The van der Waals surface area contributed by atoms with Crippen molar-refractivity contribution < 1.29 is 14.0 Å². The molecule has 1 aliphatic rings. The van der Waals surface area contributed by atoms with E-state index in [0.717, 1.165) is 12.1 Å². The molecule has 0 saturated carbocycles. The summed E-state index contributed by atoms with van der Waals surface area (Å²) in [6.07, 6.45) is 1.16. The van der Waals surface area contributed by atoms with E-state index in [-0.39, 0.29) is 23.9 Å². The zero-order valence-corrected chi connectivity index (χ0v) is 11.4. The highest BCUT2D eigenvalue weighted by atomic mass is 19.1. The zero-order valence-electron chi connectivity index (χ0n) is 11.4. The number of fused-ring (bicyclic) bond motifs is 1. The van der Waals surface area contributed by atoms with Gasteiger partial charge in [0.25, 0.3) is 0 Å². The summed E-state index contributed by atoms with van der Waals surface area (Å²) in [5.74, 6) is -0.822. The Bertz CT molecular complexity index is 531. The highest BCUT2D eigenvalue weighted by Gasteiger charge is 2.18. The van der Waals surface area contributed by atoms with Crippen LogP contribution in [0.5, 0.6) is 0 Å². The zero-order chi connectivity index (χ0) is 14.5. The lowest BCUT2D eigenvalue weighted by Gasteiger charge is -2.18. The van der Waals surface area contributed by atoms with Gasteiger partial charge in [0.2, 0.25) is 11.8 Å². The molecule has 1 aromatic carbocycles. The van der Waals surface area contributed by atoms with Crippen LogP contribution in [0.4, 0.5) is 15.8 Å². The van der Waals surface area contributed by atoms with Crippen molar-refractivity contribution in [2.24, 2.45) is 0 Å². The minimum atomic E-state index is -0.475. The Balaban J connectivity index is 2.06. The number of carbonyl (C=O) groups is 2. The van der Waals surface area contributed by atoms with Gasteiger partial charge in [0.05, 0.1) is 5.69 Å². The SMILES string of the molecule is CCNCCC(=O)Nc1cc2c(cc1F)CCC(=O)N2. The monoisotopic (exact) mass is 279 g/mol. The molecule has 0 aliphatic carbocycles. The van der Waals surface area contributed by atoms with Gasteiger partial charge in [-0.1, -0.05) is 6.92 Å². The van der Waals surface area contributed by atoms with Crippen molar-refractivity contribution >= 4 is 23.2 Å². The highest BCUT2D eigenvalue weighted by Crippen LogP contribution is 2.28. The predicted molar refractivity (Wildman–Crippen MR) is 75.1 cm³/mol. The van der Waals surface area contributed by atoms with Crippen LogP contribution in [-0.4, -0.2) is 24.9 Å². The van der Waals surface area contributed by atoms with Crippen LogP contribution in [-0.2, 0) is 16.0 Å². The Hall–Kier alpha value is -1.95. The van der Waals surface area contributed by atoms with E-state index in [9.17, 15) is 14.0 Å². The van der Waals surface area contributed by atoms with E-state index in [4.69, 9.17) is 0 Å². The molecule has 0 aromatic heterocycles. The molecule has 0 radical (unpaired) electrons. The summed E-state index contributed by atoms with van der Waals surface area (Å²) in [6, 6.07) is 2.85. The lowest BCUT2D eigenvalue weighted by Crippen LogP contribution is -2.23. The molecule has 0 fully saturated rings. The van der Waals surface area contributed by atoms with Gasteiger partial charge in [0.1, 0.15) is 5.82 Å². The van der Waals surface area contributed by atoms with Crippen molar-refractivity contribution in [1.29, 1.82) is 0 Å². The van der Waals surface area contributed by atoms with Crippen LogP contribution in [0.15, 0.2) is 12.1 Å². The van der Waals surface area contributed by atoms with Crippen molar-refractivity contribution in [3.63, 3.8) is 0 Å². The number of rotatable bonds is 5. The average molecular weight is 279 g/mol. The lowest BCUT2D eigenvalue weighted by molar-refractivity contribution is -0.117. The molecular weight excluding hydrogens is 261 g/mol. The third-order valence-corrected chi connectivity index (χ3v) is 3.14. The fourth-order valence-corrected chi connectivity index (χ4v) is 2.09. The van der Waals surface area contributed by atoms with Crippen LogP contribution in [0.3, 0.4) is 0 Å². The molecule has 6 heteroatoms. The quantitative estimate of drug-likeness (QED) is 0.718. The van der Waals surface area contributed by atoms with Gasteiger partial charge in [-0.3, -0.25) is 9.59 Å².